The summed E-state index contributed by atoms with van der Waals surface area (Å²) in [6, 6.07) is 5.89. The van der Waals surface area contributed by atoms with Crippen LogP contribution in [0.3, 0.4) is 0 Å². The zero-order valence-corrected chi connectivity index (χ0v) is 15.5. The molecule has 1 aliphatic heterocycles. The number of allylic oxidation sites excluding steroid dienone is 1. The Bertz CT molecular complexity index is 725. The fraction of sp³-hybridized carbons (Fsp3) is 0.389. The zero-order chi connectivity index (χ0) is 18.7. The summed E-state index contributed by atoms with van der Waals surface area (Å²) in [7, 11) is 1.34. The predicted molar refractivity (Wildman–Crippen MR) is 98.1 cm³/mol. The molecule has 0 bridgehead atoms. The Morgan fingerprint density at radius 3 is 2.40 bits per heavy atom. The molecule has 6 nitrogen and oxygen atoms in total. The topological polar surface area (TPSA) is 78.9 Å². The van der Waals surface area contributed by atoms with Gasteiger partial charge in [-0.05, 0) is 42.8 Å². The molecule has 1 aromatic carbocycles. The first-order chi connectivity index (χ1) is 11.8. The summed E-state index contributed by atoms with van der Waals surface area (Å²) in [6.45, 7) is 6.68. The van der Waals surface area contributed by atoms with E-state index in [9.17, 15) is 9.59 Å². The highest BCUT2D eigenvalue weighted by Crippen LogP contribution is 2.31. The number of carbonyl (C=O) groups is 2. The molecule has 0 aromatic heterocycles. The highest BCUT2D eigenvalue weighted by atomic mass is 32.1. The number of aromatic carboxylic acids is 1. The first-order valence-corrected chi connectivity index (χ1v) is 8.37. The Labute approximate surface area is 152 Å². The summed E-state index contributed by atoms with van der Waals surface area (Å²) in [5.74, 6) is -1.07. The molecule has 1 aromatic rings. The minimum absolute atomic E-state index is 0.184. The maximum atomic E-state index is 12.4. The van der Waals surface area contributed by atoms with Crippen molar-refractivity contribution in [1.29, 1.82) is 0 Å². The van der Waals surface area contributed by atoms with Crippen LogP contribution in [-0.4, -0.2) is 40.7 Å². The second-order valence-electron chi connectivity index (χ2n) is 6.30. The molecule has 0 fully saturated rings. The molecule has 25 heavy (non-hydrogen) atoms. The number of thiocarbonyl (C=S) groups is 1. The Balaban J connectivity index is 2.49. The second-order valence-corrected chi connectivity index (χ2v) is 6.69. The Hall–Kier alpha value is -2.41. The number of hydrogen-bond donors (Lipinski definition) is 2. The van der Waals surface area contributed by atoms with Gasteiger partial charge in [-0.3, -0.25) is 0 Å². The third-order valence-corrected chi connectivity index (χ3v) is 4.38. The molecule has 0 saturated carbocycles. The van der Waals surface area contributed by atoms with Crippen LogP contribution in [0.2, 0.25) is 0 Å². The van der Waals surface area contributed by atoms with Crippen molar-refractivity contribution in [2.24, 2.45) is 5.92 Å². The summed E-state index contributed by atoms with van der Waals surface area (Å²) in [5.41, 5.74) is 2.15. The number of esters is 1. The van der Waals surface area contributed by atoms with Crippen molar-refractivity contribution in [3.63, 3.8) is 0 Å². The lowest BCUT2D eigenvalue weighted by molar-refractivity contribution is -0.136. The van der Waals surface area contributed by atoms with Crippen molar-refractivity contribution >= 4 is 29.3 Å². The van der Waals surface area contributed by atoms with Crippen molar-refractivity contribution < 1.29 is 19.4 Å². The SMILES string of the molecule is COC(=O)C1=C(C)N(CC(C)C)C(=S)N[C@H]1c1ccc(C(=O)O)cc1. The summed E-state index contributed by atoms with van der Waals surface area (Å²) in [5, 5.41) is 12.8. The van der Waals surface area contributed by atoms with Crippen LogP contribution in [0.1, 0.15) is 42.7 Å². The van der Waals surface area contributed by atoms with Crippen molar-refractivity contribution in [3.8, 4) is 0 Å². The number of nitrogens with one attached hydrogen (secondary N) is 1. The van der Waals surface area contributed by atoms with Gasteiger partial charge in [0.25, 0.3) is 0 Å². The molecule has 0 aliphatic carbocycles. The van der Waals surface area contributed by atoms with Gasteiger partial charge >= 0.3 is 11.9 Å². The smallest absolute Gasteiger partial charge is 0.337 e. The van der Waals surface area contributed by atoms with Gasteiger partial charge in [-0.15, -0.1) is 0 Å². The van der Waals surface area contributed by atoms with E-state index < -0.39 is 18.0 Å². The molecular weight excluding hydrogens is 340 g/mol. The van der Waals surface area contributed by atoms with Gasteiger partial charge in [0.05, 0.1) is 24.3 Å². The number of nitrogens with zero attached hydrogens (tertiary/aromatic N) is 1. The molecule has 2 rings (SSSR count). The Morgan fingerprint density at radius 1 is 1.32 bits per heavy atom. The van der Waals surface area contributed by atoms with Crippen LogP contribution in [0.25, 0.3) is 0 Å². The quantitative estimate of drug-likeness (QED) is 0.616. The van der Waals surface area contributed by atoms with E-state index in [0.29, 0.717) is 23.1 Å². The standard InChI is InChI=1S/C18H22N2O4S/c1-10(2)9-20-11(3)14(17(23)24-4)15(19-18(20)25)12-5-7-13(8-6-12)16(21)22/h5-8,10,15H,9H2,1-4H3,(H,19,25)(H,21,22)/t15-/m0/s1. The number of rotatable bonds is 5. The highest BCUT2D eigenvalue weighted by molar-refractivity contribution is 7.80. The van der Waals surface area contributed by atoms with Crippen LogP contribution in [0, 0.1) is 5.92 Å². The van der Waals surface area contributed by atoms with E-state index in [-0.39, 0.29) is 5.56 Å². The van der Waals surface area contributed by atoms with E-state index in [1.807, 2.05) is 11.8 Å². The van der Waals surface area contributed by atoms with Crippen molar-refractivity contribution in [3.05, 3.63) is 46.7 Å². The van der Waals surface area contributed by atoms with Crippen LogP contribution < -0.4 is 5.32 Å². The van der Waals surface area contributed by atoms with Crippen molar-refractivity contribution in [1.82, 2.24) is 10.2 Å². The van der Waals surface area contributed by atoms with Gasteiger partial charge in [0.2, 0.25) is 0 Å². The number of carbonyl (C=O) groups excluding carboxylic acids is 1. The predicted octanol–water partition coefficient (Wildman–Crippen LogP) is 2.72. The minimum Gasteiger partial charge on any atom is -0.478 e. The normalized spacial score (nSPS) is 17.6. The first kappa shape index (κ1) is 18.9. The van der Waals surface area contributed by atoms with E-state index in [2.05, 4.69) is 19.2 Å². The average molecular weight is 362 g/mol. The van der Waals surface area contributed by atoms with Gasteiger partial charge in [-0.2, -0.15) is 0 Å². The molecule has 1 atom stereocenters. The third-order valence-electron chi connectivity index (χ3n) is 4.04. The number of hydrogen-bond acceptors (Lipinski definition) is 4. The maximum absolute atomic E-state index is 12.4. The Morgan fingerprint density at radius 2 is 1.92 bits per heavy atom. The van der Waals surface area contributed by atoms with E-state index in [1.54, 1.807) is 12.1 Å². The molecule has 0 radical (unpaired) electrons. The van der Waals surface area contributed by atoms with Gasteiger partial charge in [0.15, 0.2) is 5.11 Å². The van der Waals surface area contributed by atoms with Crippen molar-refractivity contribution in [2.45, 2.75) is 26.8 Å². The highest BCUT2D eigenvalue weighted by Gasteiger charge is 2.34. The zero-order valence-electron chi connectivity index (χ0n) is 14.7. The van der Waals surface area contributed by atoms with E-state index in [4.69, 9.17) is 22.1 Å². The lowest BCUT2D eigenvalue weighted by atomic mass is 9.94. The number of benzene rings is 1. The summed E-state index contributed by atoms with van der Waals surface area (Å²) >= 11 is 5.48. The molecule has 1 heterocycles. The molecule has 0 spiro atoms. The molecule has 2 N–H and O–H groups in total. The molecule has 134 valence electrons. The van der Waals surface area contributed by atoms with Crippen LogP contribution >= 0.6 is 12.2 Å². The summed E-state index contributed by atoms with van der Waals surface area (Å²) in [6.07, 6.45) is 0. The van der Waals surface area contributed by atoms with Gasteiger partial charge in [0.1, 0.15) is 0 Å². The first-order valence-electron chi connectivity index (χ1n) is 7.96. The summed E-state index contributed by atoms with van der Waals surface area (Å²) in [4.78, 5) is 25.3. The second kappa shape index (κ2) is 7.65. The van der Waals surface area contributed by atoms with E-state index in [1.165, 1.54) is 19.2 Å². The average Bonchev–Trinajstić information content (AvgIpc) is 2.57. The Kier molecular flexibility index (Phi) is 5.79. The van der Waals surface area contributed by atoms with E-state index >= 15 is 0 Å². The largest absolute Gasteiger partial charge is 0.478 e. The fourth-order valence-corrected chi connectivity index (χ4v) is 3.14. The molecule has 0 unspecified atom stereocenters. The monoisotopic (exact) mass is 362 g/mol. The molecule has 0 amide bonds. The number of methoxy groups -OCH3 is 1. The van der Waals surface area contributed by atoms with Gasteiger partial charge in [-0.25, -0.2) is 9.59 Å². The molecule has 0 saturated heterocycles. The van der Waals surface area contributed by atoms with Gasteiger partial charge in [-0.1, -0.05) is 26.0 Å². The minimum atomic E-state index is -0.998. The lowest BCUT2D eigenvalue weighted by Gasteiger charge is -2.38. The number of ether oxygens (including phenoxy) is 1. The number of carboxylic acids is 1. The van der Waals surface area contributed by atoms with Crippen LogP contribution in [0.15, 0.2) is 35.5 Å². The fourth-order valence-electron chi connectivity index (χ4n) is 2.81. The molecule has 1 aliphatic rings. The van der Waals surface area contributed by atoms with Crippen molar-refractivity contribution in [2.75, 3.05) is 13.7 Å². The third kappa shape index (κ3) is 3.99. The summed E-state index contributed by atoms with van der Waals surface area (Å²) < 4.78 is 4.96. The molecular formula is C18H22N2O4S. The van der Waals surface area contributed by atoms with Gasteiger partial charge < -0.3 is 20.1 Å². The maximum Gasteiger partial charge on any atom is 0.337 e. The van der Waals surface area contributed by atoms with Crippen LogP contribution in [0.4, 0.5) is 0 Å². The van der Waals surface area contributed by atoms with E-state index in [0.717, 1.165) is 11.3 Å². The molecule has 7 heteroatoms. The number of carboxylic acid groups (broad SMARTS) is 1. The van der Waals surface area contributed by atoms with Gasteiger partial charge in [0, 0.05) is 12.2 Å². The van der Waals surface area contributed by atoms with Crippen LogP contribution in [0.5, 0.6) is 0 Å². The lowest BCUT2D eigenvalue weighted by Crippen LogP contribution is -2.48. The van der Waals surface area contributed by atoms with Crippen LogP contribution in [-0.2, 0) is 9.53 Å².